The van der Waals surface area contributed by atoms with Gasteiger partial charge in [0.15, 0.2) is 6.17 Å². The molecule has 0 saturated carbocycles. The minimum Gasteiger partial charge on any atom is -0.493 e. The summed E-state index contributed by atoms with van der Waals surface area (Å²) in [4.78, 5) is 13.5. The van der Waals surface area contributed by atoms with Crippen molar-refractivity contribution >= 4 is 5.91 Å². The molecule has 1 amide bonds. The number of amides is 1. The lowest BCUT2D eigenvalue weighted by Crippen LogP contribution is -2.30. The lowest BCUT2D eigenvalue weighted by atomic mass is 10.0. The minimum atomic E-state index is -4.82. The first-order valence-electron chi connectivity index (χ1n) is 8.90. The largest absolute Gasteiger partial charge is 0.573 e. The number of likely N-dealkylation sites (tertiary alicyclic amines) is 1. The second-order valence-corrected chi connectivity index (χ2v) is 6.46. The van der Waals surface area contributed by atoms with Gasteiger partial charge in [-0.1, -0.05) is 18.2 Å². The summed E-state index contributed by atoms with van der Waals surface area (Å²) in [6.07, 6.45) is -6.86. The highest BCUT2D eigenvalue weighted by Gasteiger charge is 2.42. The highest BCUT2D eigenvalue weighted by atomic mass is 19.4. The van der Waals surface area contributed by atoms with Crippen LogP contribution in [-0.2, 0) is 11.3 Å². The number of carbonyl (C=O) groups is 1. The number of benzene rings is 2. The van der Waals surface area contributed by atoms with Gasteiger partial charge in [-0.05, 0) is 36.8 Å². The Morgan fingerprint density at radius 1 is 1.14 bits per heavy atom. The Morgan fingerprint density at radius 2 is 1.83 bits per heavy atom. The van der Waals surface area contributed by atoms with Crippen LogP contribution in [0.1, 0.15) is 30.5 Å². The molecule has 156 valence electrons. The normalized spacial score (nSPS) is 19.5. The van der Waals surface area contributed by atoms with E-state index in [1.807, 2.05) is 0 Å². The number of alkyl halides is 4. The van der Waals surface area contributed by atoms with E-state index < -0.39 is 36.0 Å². The molecule has 1 fully saturated rings. The molecule has 1 heterocycles. The van der Waals surface area contributed by atoms with Gasteiger partial charge in [-0.2, -0.15) is 0 Å². The molecule has 1 aliphatic rings. The van der Waals surface area contributed by atoms with Gasteiger partial charge in [0, 0.05) is 13.0 Å². The van der Waals surface area contributed by atoms with Crippen LogP contribution in [0, 0.1) is 5.82 Å². The van der Waals surface area contributed by atoms with E-state index in [0.29, 0.717) is 5.56 Å². The van der Waals surface area contributed by atoms with Crippen molar-refractivity contribution in [1.29, 1.82) is 0 Å². The zero-order valence-electron chi connectivity index (χ0n) is 15.4. The smallest absolute Gasteiger partial charge is 0.493 e. The molecule has 4 nitrogen and oxygen atoms in total. The maximum Gasteiger partial charge on any atom is 0.573 e. The Kier molecular flexibility index (Phi) is 5.95. The van der Waals surface area contributed by atoms with Gasteiger partial charge in [-0.3, -0.25) is 4.79 Å². The highest BCUT2D eigenvalue weighted by molar-refractivity contribution is 5.84. The van der Waals surface area contributed by atoms with Crippen molar-refractivity contribution in [2.45, 2.75) is 38.5 Å². The van der Waals surface area contributed by atoms with E-state index in [4.69, 9.17) is 4.74 Å². The summed E-state index contributed by atoms with van der Waals surface area (Å²) in [5, 5.41) is 0. The third-order valence-corrected chi connectivity index (χ3v) is 4.51. The molecule has 2 aromatic rings. The first-order chi connectivity index (χ1) is 13.7. The number of carbonyl (C=O) groups excluding carboxylic acids is 1. The van der Waals surface area contributed by atoms with E-state index in [1.165, 1.54) is 29.2 Å². The summed E-state index contributed by atoms with van der Waals surface area (Å²) in [6.45, 7) is 1.88. The number of halogens is 5. The van der Waals surface area contributed by atoms with Crippen molar-refractivity contribution in [3.05, 3.63) is 59.4 Å². The zero-order valence-corrected chi connectivity index (χ0v) is 15.4. The van der Waals surface area contributed by atoms with Gasteiger partial charge in [-0.15, -0.1) is 13.2 Å². The lowest BCUT2D eigenvalue weighted by Gasteiger charge is -2.26. The van der Waals surface area contributed by atoms with Crippen LogP contribution in [0.15, 0.2) is 42.5 Å². The van der Waals surface area contributed by atoms with Crippen LogP contribution in [0.3, 0.4) is 0 Å². The van der Waals surface area contributed by atoms with Gasteiger partial charge in [0.1, 0.15) is 17.3 Å². The van der Waals surface area contributed by atoms with Crippen LogP contribution in [0.25, 0.3) is 0 Å². The molecule has 0 unspecified atom stereocenters. The summed E-state index contributed by atoms with van der Waals surface area (Å²) in [6, 6.07) is 8.17. The fraction of sp³-hybridized carbons (Fsp3) is 0.350. The SMILES string of the molecule is CCOc1cccc(F)c1[C@H]1C[C@H](F)C(=O)N1Cc1ccc(OC(F)(F)F)cc1. The molecule has 9 heteroatoms. The second-order valence-electron chi connectivity index (χ2n) is 6.46. The minimum absolute atomic E-state index is 0.0832. The van der Waals surface area contributed by atoms with Crippen molar-refractivity contribution < 1.29 is 36.2 Å². The van der Waals surface area contributed by atoms with Crippen LogP contribution >= 0.6 is 0 Å². The topological polar surface area (TPSA) is 38.8 Å². The molecule has 1 saturated heterocycles. The number of ether oxygens (including phenoxy) is 2. The maximum absolute atomic E-state index is 14.5. The fourth-order valence-corrected chi connectivity index (χ4v) is 3.33. The average Bonchev–Trinajstić information content (AvgIpc) is 2.91. The van der Waals surface area contributed by atoms with Crippen LogP contribution < -0.4 is 9.47 Å². The molecule has 0 bridgehead atoms. The van der Waals surface area contributed by atoms with Gasteiger partial charge in [0.25, 0.3) is 5.91 Å². The number of rotatable bonds is 6. The first kappa shape index (κ1) is 20.9. The lowest BCUT2D eigenvalue weighted by molar-refractivity contribution is -0.274. The Morgan fingerprint density at radius 3 is 2.45 bits per heavy atom. The zero-order chi connectivity index (χ0) is 21.2. The third kappa shape index (κ3) is 4.78. The molecule has 1 aliphatic heterocycles. The van der Waals surface area contributed by atoms with Gasteiger partial charge in [0.2, 0.25) is 0 Å². The molecular weight excluding hydrogens is 397 g/mol. The first-order valence-corrected chi connectivity index (χ1v) is 8.90. The summed E-state index contributed by atoms with van der Waals surface area (Å²) >= 11 is 0. The van der Waals surface area contributed by atoms with Crippen LogP contribution in [-0.4, -0.2) is 29.9 Å². The van der Waals surface area contributed by atoms with E-state index >= 15 is 0 Å². The fourth-order valence-electron chi connectivity index (χ4n) is 3.33. The van der Waals surface area contributed by atoms with Crippen molar-refractivity contribution in [2.75, 3.05) is 6.61 Å². The van der Waals surface area contributed by atoms with Gasteiger partial charge < -0.3 is 14.4 Å². The molecule has 29 heavy (non-hydrogen) atoms. The molecule has 2 atom stereocenters. The van der Waals surface area contributed by atoms with E-state index in [2.05, 4.69) is 4.74 Å². The number of nitrogens with zero attached hydrogens (tertiary/aromatic N) is 1. The Labute approximate surface area is 163 Å². The summed E-state index contributed by atoms with van der Waals surface area (Å²) in [5.41, 5.74) is 0.529. The van der Waals surface area contributed by atoms with Crippen LogP contribution in [0.4, 0.5) is 22.0 Å². The Hall–Kier alpha value is -2.84. The molecule has 0 spiro atoms. The molecular formula is C20H18F5NO3. The third-order valence-electron chi connectivity index (χ3n) is 4.51. The highest BCUT2D eigenvalue weighted by Crippen LogP contribution is 2.41. The summed E-state index contributed by atoms with van der Waals surface area (Å²) in [7, 11) is 0. The predicted octanol–water partition coefficient (Wildman–Crippen LogP) is 4.93. The van der Waals surface area contributed by atoms with Gasteiger partial charge in [0.05, 0.1) is 18.2 Å². The number of hydrogen-bond donors (Lipinski definition) is 0. The number of hydrogen-bond acceptors (Lipinski definition) is 3. The average molecular weight is 415 g/mol. The monoisotopic (exact) mass is 415 g/mol. The Balaban J connectivity index is 1.87. The van der Waals surface area contributed by atoms with Crippen molar-refractivity contribution in [3.8, 4) is 11.5 Å². The van der Waals surface area contributed by atoms with Crippen molar-refractivity contribution in [2.24, 2.45) is 0 Å². The van der Waals surface area contributed by atoms with Crippen LogP contribution in [0.5, 0.6) is 11.5 Å². The van der Waals surface area contributed by atoms with Gasteiger partial charge >= 0.3 is 6.36 Å². The van der Waals surface area contributed by atoms with E-state index in [1.54, 1.807) is 13.0 Å². The van der Waals surface area contributed by atoms with Gasteiger partial charge in [-0.25, -0.2) is 8.78 Å². The van der Waals surface area contributed by atoms with E-state index in [-0.39, 0.29) is 30.9 Å². The summed E-state index contributed by atoms with van der Waals surface area (Å²) < 4.78 is 74.8. The quantitative estimate of drug-likeness (QED) is 0.628. The Bertz CT molecular complexity index is 869. The molecule has 3 rings (SSSR count). The molecule has 0 N–H and O–H groups in total. The maximum atomic E-state index is 14.5. The predicted molar refractivity (Wildman–Crippen MR) is 93.5 cm³/mol. The second kappa shape index (κ2) is 8.26. The van der Waals surface area contributed by atoms with E-state index in [0.717, 1.165) is 12.1 Å². The summed E-state index contributed by atoms with van der Waals surface area (Å²) in [5.74, 6) is -1.63. The molecule has 0 aliphatic carbocycles. The molecule has 0 radical (unpaired) electrons. The molecule has 0 aromatic heterocycles. The van der Waals surface area contributed by atoms with Crippen LogP contribution in [0.2, 0.25) is 0 Å². The van der Waals surface area contributed by atoms with Crippen molar-refractivity contribution in [1.82, 2.24) is 4.90 Å². The molecule has 2 aromatic carbocycles. The van der Waals surface area contributed by atoms with E-state index in [9.17, 15) is 26.7 Å². The standard InChI is InChI=1S/C20H18F5NO3/c1-2-28-17-5-3-4-14(21)18(17)16-10-15(22)19(27)26(16)11-12-6-8-13(9-7-12)29-20(23,24)25/h3-9,15-16H,2,10-11H2,1H3/t15-,16+/m0/s1. The van der Waals surface area contributed by atoms with Crippen molar-refractivity contribution in [3.63, 3.8) is 0 Å².